The van der Waals surface area contributed by atoms with Gasteiger partial charge in [0.1, 0.15) is 0 Å². The van der Waals surface area contributed by atoms with E-state index in [9.17, 15) is 32.1 Å². The van der Waals surface area contributed by atoms with Gasteiger partial charge in [0.05, 0.1) is 0 Å². The lowest BCUT2D eigenvalue weighted by Crippen LogP contribution is -2.61. The molecule has 4 unspecified atom stereocenters. The minimum atomic E-state index is -3.12. The summed E-state index contributed by atoms with van der Waals surface area (Å²) in [6.07, 6.45) is -15.4. The highest BCUT2D eigenvalue weighted by Crippen LogP contribution is 2.31. The van der Waals surface area contributed by atoms with E-state index in [1.54, 1.807) is 0 Å². The standard InChI is InChI=1S/C5H5F5N2O2/c6-1-2(7)4(9)11(12(13)14)5(10)3(1)8/h1-5H. The lowest BCUT2D eigenvalue weighted by Gasteiger charge is -2.33. The molecule has 0 N–H and O–H groups in total. The molecule has 4 nitrogen and oxygen atoms in total. The van der Waals surface area contributed by atoms with Crippen molar-refractivity contribution in [2.45, 2.75) is 31.1 Å². The second-order valence-electron chi connectivity index (χ2n) is 2.70. The second-order valence-corrected chi connectivity index (χ2v) is 2.70. The number of alkyl halides is 5. The van der Waals surface area contributed by atoms with E-state index in [0.717, 1.165) is 0 Å². The number of hydrogen-bond acceptors (Lipinski definition) is 2. The molecule has 0 aromatic heterocycles. The zero-order chi connectivity index (χ0) is 11.0. The first-order valence-electron chi connectivity index (χ1n) is 3.51. The lowest BCUT2D eigenvalue weighted by molar-refractivity contribution is -0.695. The van der Waals surface area contributed by atoms with E-state index in [2.05, 4.69) is 0 Å². The second kappa shape index (κ2) is 3.54. The van der Waals surface area contributed by atoms with Gasteiger partial charge >= 0.3 is 0 Å². The lowest BCUT2D eigenvalue weighted by atomic mass is 10.1. The first kappa shape index (κ1) is 10.9. The highest BCUT2D eigenvalue weighted by atomic mass is 19.2. The third-order valence-electron chi connectivity index (χ3n) is 1.83. The number of piperidine rings is 1. The third-order valence-corrected chi connectivity index (χ3v) is 1.83. The number of nitrogens with zero attached hydrogens (tertiary/aromatic N) is 2. The normalized spacial score (nSPS) is 43.8. The van der Waals surface area contributed by atoms with Gasteiger partial charge in [-0.3, -0.25) is 0 Å². The first-order chi connectivity index (χ1) is 6.37. The molecule has 0 radical (unpaired) electrons. The summed E-state index contributed by atoms with van der Waals surface area (Å²) < 4.78 is 62.7. The predicted molar refractivity (Wildman–Crippen MR) is 33.3 cm³/mol. The van der Waals surface area contributed by atoms with E-state index >= 15 is 0 Å². The van der Waals surface area contributed by atoms with E-state index in [1.807, 2.05) is 0 Å². The molecule has 4 atom stereocenters. The summed E-state index contributed by atoms with van der Waals surface area (Å²) >= 11 is 0. The molecule has 9 heteroatoms. The van der Waals surface area contributed by atoms with Crippen molar-refractivity contribution in [3.63, 3.8) is 0 Å². The Kier molecular flexibility index (Phi) is 2.76. The van der Waals surface area contributed by atoms with Gasteiger partial charge in [0.2, 0.25) is 0 Å². The molecular weight excluding hydrogens is 215 g/mol. The maximum absolute atomic E-state index is 12.6. The molecule has 0 amide bonds. The minimum absolute atomic E-state index is 0.911. The van der Waals surface area contributed by atoms with Crippen LogP contribution in [0.3, 0.4) is 0 Å². The van der Waals surface area contributed by atoms with Gasteiger partial charge in [0.15, 0.2) is 23.5 Å². The predicted octanol–water partition coefficient (Wildman–Crippen LogP) is 1.10. The largest absolute Gasteiger partial charge is 0.265 e. The molecule has 0 bridgehead atoms. The molecule has 14 heavy (non-hydrogen) atoms. The van der Waals surface area contributed by atoms with Crippen molar-refractivity contribution < 1.29 is 27.0 Å². The van der Waals surface area contributed by atoms with E-state index in [0.29, 0.717) is 0 Å². The molecule has 1 heterocycles. The Bertz CT molecular complexity index is 226. The Balaban J connectivity index is 2.92. The molecule has 1 fully saturated rings. The van der Waals surface area contributed by atoms with E-state index in [4.69, 9.17) is 0 Å². The topological polar surface area (TPSA) is 46.4 Å². The Morgan fingerprint density at radius 3 is 1.57 bits per heavy atom. The molecule has 1 aliphatic heterocycles. The van der Waals surface area contributed by atoms with E-state index in [1.165, 1.54) is 0 Å². The van der Waals surface area contributed by atoms with Crippen LogP contribution in [-0.2, 0) is 0 Å². The van der Waals surface area contributed by atoms with Gasteiger partial charge in [0.25, 0.3) is 12.6 Å². The van der Waals surface area contributed by atoms with Crippen molar-refractivity contribution in [2.75, 3.05) is 0 Å². The SMILES string of the molecule is O=[N+]([O-])N1C(F)C(F)C(F)C(F)C1F. The zero-order valence-electron chi connectivity index (χ0n) is 6.49. The van der Waals surface area contributed by atoms with Crippen molar-refractivity contribution in [3.05, 3.63) is 10.1 Å². The molecule has 0 aromatic rings. The van der Waals surface area contributed by atoms with Crippen molar-refractivity contribution in [1.29, 1.82) is 0 Å². The molecule has 0 saturated carbocycles. The summed E-state index contributed by atoms with van der Waals surface area (Å²) in [5, 5.41) is 7.42. The molecule has 82 valence electrons. The summed E-state index contributed by atoms with van der Waals surface area (Å²) in [5.41, 5.74) is 0. The quantitative estimate of drug-likeness (QED) is 0.287. The smallest absolute Gasteiger partial charge is 0.241 e. The van der Waals surface area contributed by atoms with Crippen LogP contribution in [0, 0.1) is 10.1 Å². The molecule has 0 aliphatic carbocycles. The fourth-order valence-corrected chi connectivity index (χ4v) is 1.09. The number of halogens is 5. The fraction of sp³-hybridized carbons (Fsp3) is 1.00. The summed E-state index contributed by atoms with van der Waals surface area (Å²) in [5.74, 6) is 0. The maximum atomic E-state index is 12.6. The van der Waals surface area contributed by atoms with Crippen LogP contribution >= 0.6 is 0 Å². The summed E-state index contributed by atoms with van der Waals surface area (Å²) in [7, 11) is 0. The zero-order valence-corrected chi connectivity index (χ0v) is 6.49. The molecular formula is C5H5F5N2O2. The number of hydrogen-bond donors (Lipinski definition) is 0. The number of nitro groups is 1. The van der Waals surface area contributed by atoms with Gasteiger partial charge < -0.3 is 0 Å². The third kappa shape index (κ3) is 1.46. The van der Waals surface area contributed by atoms with Crippen molar-refractivity contribution in [1.82, 2.24) is 5.01 Å². The van der Waals surface area contributed by atoms with Gasteiger partial charge in [-0.05, 0) is 0 Å². The van der Waals surface area contributed by atoms with E-state index < -0.39 is 41.1 Å². The van der Waals surface area contributed by atoms with Crippen LogP contribution < -0.4 is 0 Å². The summed E-state index contributed by atoms with van der Waals surface area (Å²) in [6, 6.07) is 0. The van der Waals surface area contributed by atoms with Crippen LogP contribution in [-0.4, -0.2) is 41.1 Å². The van der Waals surface area contributed by atoms with Crippen molar-refractivity contribution >= 4 is 0 Å². The Morgan fingerprint density at radius 2 is 1.29 bits per heavy atom. The molecule has 1 saturated heterocycles. The minimum Gasteiger partial charge on any atom is -0.241 e. The average Bonchev–Trinajstić information content (AvgIpc) is 2.11. The Labute approximate surface area is 74.4 Å². The summed E-state index contributed by atoms with van der Waals surface area (Å²) in [4.78, 5) is 9.97. The molecule has 1 rings (SSSR count). The van der Waals surface area contributed by atoms with Crippen LogP contribution in [0.1, 0.15) is 0 Å². The number of hydrazine groups is 1. The van der Waals surface area contributed by atoms with Gasteiger partial charge in [-0.2, -0.15) is 0 Å². The van der Waals surface area contributed by atoms with Crippen LogP contribution in [0.25, 0.3) is 0 Å². The highest BCUT2D eigenvalue weighted by Gasteiger charge is 2.57. The van der Waals surface area contributed by atoms with Crippen LogP contribution in [0.5, 0.6) is 0 Å². The van der Waals surface area contributed by atoms with Crippen LogP contribution in [0.4, 0.5) is 22.0 Å². The van der Waals surface area contributed by atoms with Crippen molar-refractivity contribution in [3.8, 4) is 0 Å². The Hall–Kier alpha value is -1.15. The monoisotopic (exact) mass is 220 g/mol. The fourth-order valence-electron chi connectivity index (χ4n) is 1.09. The van der Waals surface area contributed by atoms with Crippen LogP contribution in [0.15, 0.2) is 0 Å². The first-order valence-corrected chi connectivity index (χ1v) is 3.51. The number of rotatable bonds is 1. The Morgan fingerprint density at radius 1 is 0.929 bits per heavy atom. The van der Waals surface area contributed by atoms with Crippen molar-refractivity contribution in [2.24, 2.45) is 0 Å². The van der Waals surface area contributed by atoms with Gasteiger partial charge in [-0.1, -0.05) is 5.01 Å². The molecule has 1 aliphatic rings. The highest BCUT2D eigenvalue weighted by molar-refractivity contribution is 4.90. The maximum Gasteiger partial charge on any atom is 0.265 e. The molecule has 0 aromatic carbocycles. The van der Waals surface area contributed by atoms with Gasteiger partial charge in [0, 0.05) is 0 Å². The van der Waals surface area contributed by atoms with Gasteiger partial charge in [-0.15, -0.1) is 0 Å². The van der Waals surface area contributed by atoms with E-state index in [-0.39, 0.29) is 0 Å². The average molecular weight is 220 g/mol. The van der Waals surface area contributed by atoms with Gasteiger partial charge in [-0.25, -0.2) is 32.1 Å². The molecule has 0 spiro atoms. The summed E-state index contributed by atoms with van der Waals surface area (Å²) in [6.45, 7) is 0. The van der Waals surface area contributed by atoms with Crippen LogP contribution in [0.2, 0.25) is 0 Å².